The van der Waals surface area contributed by atoms with Crippen molar-refractivity contribution < 1.29 is 9.53 Å². The number of esters is 1. The third kappa shape index (κ3) is 1.57. The van der Waals surface area contributed by atoms with Crippen molar-refractivity contribution in [2.24, 2.45) is 11.8 Å². The van der Waals surface area contributed by atoms with E-state index in [1.54, 1.807) is 0 Å². The van der Waals surface area contributed by atoms with Crippen LogP contribution in [0, 0.1) is 11.8 Å². The number of ether oxygens (including phenoxy) is 1. The smallest absolute Gasteiger partial charge is 0.323 e. The van der Waals surface area contributed by atoms with Crippen LogP contribution in [0.4, 0.5) is 0 Å². The summed E-state index contributed by atoms with van der Waals surface area (Å²) in [4.78, 5) is 11.5. The lowest BCUT2D eigenvalue weighted by atomic mass is 9.94. The van der Waals surface area contributed by atoms with Crippen LogP contribution in [0.15, 0.2) is 0 Å². The van der Waals surface area contributed by atoms with Gasteiger partial charge in [-0.05, 0) is 38.1 Å². The van der Waals surface area contributed by atoms with Crippen molar-refractivity contribution in [2.75, 3.05) is 13.2 Å². The first-order valence-corrected chi connectivity index (χ1v) is 5.23. The Bertz CT molecular complexity index is 205. The fraction of sp³-hybridized carbons (Fsp3) is 0.900. The van der Waals surface area contributed by atoms with Crippen molar-refractivity contribution >= 4 is 5.97 Å². The number of carbonyl (C=O) groups is 1. The van der Waals surface area contributed by atoms with Gasteiger partial charge in [-0.1, -0.05) is 6.42 Å². The Morgan fingerprint density at radius 1 is 1.54 bits per heavy atom. The van der Waals surface area contributed by atoms with Crippen molar-refractivity contribution in [1.29, 1.82) is 0 Å². The van der Waals surface area contributed by atoms with Crippen LogP contribution in [0.5, 0.6) is 0 Å². The highest BCUT2D eigenvalue weighted by Gasteiger charge is 2.42. The highest BCUT2D eigenvalue weighted by atomic mass is 16.5. The Balaban J connectivity index is 1.96. The Hall–Kier alpha value is -0.570. The lowest BCUT2D eigenvalue weighted by molar-refractivity contribution is -0.146. The Labute approximate surface area is 78.8 Å². The molecule has 1 aliphatic carbocycles. The maximum absolute atomic E-state index is 11.5. The normalized spacial score (nSPS) is 37.5. The average Bonchev–Trinajstić information content (AvgIpc) is 2.62. The largest absolute Gasteiger partial charge is 0.465 e. The van der Waals surface area contributed by atoms with Gasteiger partial charge in [-0.15, -0.1) is 0 Å². The molecule has 2 aliphatic rings. The van der Waals surface area contributed by atoms with Gasteiger partial charge in [-0.3, -0.25) is 4.79 Å². The molecule has 3 atom stereocenters. The summed E-state index contributed by atoms with van der Waals surface area (Å²) < 4.78 is 5.03. The van der Waals surface area contributed by atoms with Crippen molar-refractivity contribution in [3.8, 4) is 0 Å². The second-order valence-electron chi connectivity index (χ2n) is 3.99. The fourth-order valence-electron chi connectivity index (χ4n) is 2.68. The van der Waals surface area contributed by atoms with E-state index in [4.69, 9.17) is 4.74 Å². The Kier molecular flexibility index (Phi) is 2.54. The van der Waals surface area contributed by atoms with Gasteiger partial charge in [0.05, 0.1) is 6.61 Å². The molecule has 1 N–H and O–H groups in total. The third-order valence-corrected chi connectivity index (χ3v) is 3.29. The minimum atomic E-state index is -0.0445. The van der Waals surface area contributed by atoms with Crippen molar-refractivity contribution in [2.45, 2.75) is 32.2 Å². The summed E-state index contributed by atoms with van der Waals surface area (Å²) in [7, 11) is 0. The second kappa shape index (κ2) is 3.66. The van der Waals surface area contributed by atoms with Crippen LogP contribution in [0.2, 0.25) is 0 Å². The topological polar surface area (TPSA) is 38.3 Å². The highest BCUT2D eigenvalue weighted by Crippen LogP contribution is 2.37. The number of carbonyl (C=O) groups excluding carboxylic acids is 1. The molecule has 2 rings (SSSR count). The molecule has 1 saturated carbocycles. The predicted molar refractivity (Wildman–Crippen MR) is 49.3 cm³/mol. The lowest BCUT2D eigenvalue weighted by Crippen LogP contribution is -2.37. The van der Waals surface area contributed by atoms with Gasteiger partial charge < -0.3 is 10.1 Å². The molecule has 0 spiro atoms. The van der Waals surface area contributed by atoms with Gasteiger partial charge in [-0.25, -0.2) is 0 Å². The van der Waals surface area contributed by atoms with E-state index in [0.717, 1.165) is 12.5 Å². The molecule has 3 heteroatoms. The number of rotatable bonds is 2. The summed E-state index contributed by atoms with van der Waals surface area (Å²) in [5.41, 5.74) is 0. The van der Waals surface area contributed by atoms with E-state index in [9.17, 15) is 4.79 Å². The quantitative estimate of drug-likeness (QED) is 0.647. The molecule has 0 radical (unpaired) electrons. The maximum Gasteiger partial charge on any atom is 0.323 e. The van der Waals surface area contributed by atoms with Crippen LogP contribution in [-0.4, -0.2) is 25.2 Å². The molecule has 0 aromatic heterocycles. The zero-order valence-corrected chi connectivity index (χ0v) is 8.08. The van der Waals surface area contributed by atoms with Crippen LogP contribution in [0.1, 0.15) is 26.2 Å². The molecule has 1 heterocycles. The molecule has 2 fully saturated rings. The first-order chi connectivity index (χ1) is 6.33. The van der Waals surface area contributed by atoms with E-state index in [-0.39, 0.29) is 12.0 Å². The molecule has 3 nitrogen and oxygen atoms in total. The van der Waals surface area contributed by atoms with Crippen LogP contribution >= 0.6 is 0 Å². The van der Waals surface area contributed by atoms with Gasteiger partial charge in [0.1, 0.15) is 6.04 Å². The van der Waals surface area contributed by atoms with Crippen LogP contribution in [0.3, 0.4) is 0 Å². The van der Waals surface area contributed by atoms with Crippen molar-refractivity contribution in [3.63, 3.8) is 0 Å². The van der Waals surface area contributed by atoms with Gasteiger partial charge in [0.2, 0.25) is 0 Å². The monoisotopic (exact) mass is 183 g/mol. The summed E-state index contributed by atoms with van der Waals surface area (Å²) in [6.45, 7) is 3.36. The Morgan fingerprint density at radius 3 is 3.15 bits per heavy atom. The first kappa shape index (κ1) is 9.00. The molecule has 13 heavy (non-hydrogen) atoms. The molecule has 0 unspecified atom stereocenters. The predicted octanol–water partition coefficient (Wildman–Crippen LogP) is 0.938. The van der Waals surface area contributed by atoms with Crippen molar-refractivity contribution in [3.05, 3.63) is 0 Å². The van der Waals surface area contributed by atoms with Crippen LogP contribution < -0.4 is 5.32 Å². The summed E-state index contributed by atoms with van der Waals surface area (Å²) in [6, 6.07) is -0.00699. The summed E-state index contributed by atoms with van der Waals surface area (Å²) >= 11 is 0. The average molecular weight is 183 g/mol. The molecule has 74 valence electrons. The minimum Gasteiger partial charge on any atom is -0.465 e. The van der Waals surface area contributed by atoms with Crippen LogP contribution in [-0.2, 0) is 9.53 Å². The van der Waals surface area contributed by atoms with E-state index in [1.807, 2.05) is 6.92 Å². The van der Waals surface area contributed by atoms with Gasteiger partial charge in [0.15, 0.2) is 0 Å². The summed E-state index contributed by atoms with van der Waals surface area (Å²) in [6.07, 6.45) is 3.77. The third-order valence-electron chi connectivity index (χ3n) is 3.29. The maximum atomic E-state index is 11.5. The first-order valence-electron chi connectivity index (χ1n) is 5.23. The standard InChI is InChI=1S/C10H17NO2/c1-2-13-10(12)9-8-5-3-4-7(8)6-11-9/h7-9,11H,2-6H2,1H3/t7-,8-,9+/m0/s1. The minimum absolute atomic E-state index is 0.00699. The molecule has 1 saturated heterocycles. The van der Waals surface area contributed by atoms with Crippen LogP contribution in [0.25, 0.3) is 0 Å². The fourth-order valence-corrected chi connectivity index (χ4v) is 2.68. The molecule has 0 aromatic carbocycles. The van der Waals surface area contributed by atoms with Crippen molar-refractivity contribution in [1.82, 2.24) is 5.32 Å². The number of hydrogen-bond donors (Lipinski definition) is 1. The zero-order valence-electron chi connectivity index (χ0n) is 8.08. The summed E-state index contributed by atoms with van der Waals surface area (Å²) in [5, 5.41) is 3.27. The molecule has 0 amide bonds. The van der Waals surface area contributed by atoms with E-state index in [0.29, 0.717) is 12.5 Å². The Morgan fingerprint density at radius 2 is 2.38 bits per heavy atom. The van der Waals surface area contributed by atoms with E-state index in [1.165, 1.54) is 19.3 Å². The number of fused-ring (bicyclic) bond motifs is 1. The van der Waals surface area contributed by atoms with E-state index >= 15 is 0 Å². The number of hydrogen-bond acceptors (Lipinski definition) is 3. The second-order valence-corrected chi connectivity index (χ2v) is 3.99. The van der Waals surface area contributed by atoms with Gasteiger partial charge in [-0.2, -0.15) is 0 Å². The molecular weight excluding hydrogens is 166 g/mol. The summed E-state index contributed by atoms with van der Waals surface area (Å²) in [5.74, 6) is 1.24. The van der Waals surface area contributed by atoms with E-state index in [2.05, 4.69) is 5.32 Å². The van der Waals surface area contributed by atoms with E-state index < -0.39 is 0 Å². The van der Waals surface area contributed by atoms with Gasteiger partial charge in [0, 0.05) is 0 Å². The molecule has 1 aliphatic heterocycles. The van der Waals surface area contributed by atoms with Gasteiger partial charge >= 0.3 is 5.97 Å². The van der Waals surface area contributed by atoms with Gasteiger partial charge in [0.25, 0.3) is 0 Å². The molecule has 0 bridgehead atoms. The number of nitrogens with one attached hydrogen (secondary N) is 1. The zero-order chi connectivity index (χ0) is 9.26. The highest BCUT2D eigenvalue weighted by molar-refractivity contribution is 5.76. The molecule has 0 aromatic rings. The lowest BCUT2D eigenvalue weighted by Gasteiger charge is -2.15. The molecular formula is C10H17NO2. The SMILES string of the molecule is CCOC(=O)[C@@H]1NC[C@@H]2CCC[C@@H]21.